The minimum atomic E-state index is -0.417. The van der Waals surface area contributed by atoms with Gasteiger partial charge in [-0.2, -0.15) is 0 Å². The van der Waals surface area contributed by atoms with Crippen molar-refractivity contribution in [3.05, 3.63) is 35.9 Å². The number of benzene rings is 1. The van der Waals surface area contributed by atoms with E-state index in [-0.39, 0.29) is 24.0 Å². The third-order valence-corrected chi connectivity index (χ3v) is 4.35. The normalized spacial score (nSPS) is 12.0. The first-order chi connectivity index (χ1) is 8.98. The van der Waals surface area contributed by atoms with E-state index in [4.69, 9.17) is 9.47 Å². The molecule has 0 fully saturated rings. The average Bonchev–Trinajstić information content (AvgIpc) is 2.39. The fourth-order valence-electron chi connectivity index (χ4n) is 1.37. The second kappa shape index (κ2) is 9.00. The molecular formula is C18H32O2V. The summed E-state index contributed by atoms with van der Waals surface area (Å²) in [5, 5.41) is 0. The summed E-state index contributed by atoms with van der Waals surface area (Å²) < 4.78 is 9.73. The predicted molar refractivity (Wildman–Crippen MR) is 87.0 cm³/mol. The molecule has 0 aromatic heterocycles. The largest absolute Gasteiger partial charge is 0.354 e. The fraction of sp³-hybridized carbons (Fsp3) is 0.667. The minimum Gasteiger partial charge on any atom is -0.354 e. The van der Waals surface area contributed by atoms with Crippen molar-refractivity contribution in [2.75, 3.05) is 14.2 Å². The van der Waals surface area contributed by atoms with Crippen LogP contribution in [0.5, 0.6) is 0 Å². The molecule has 21 heavy (non-hydrogen) atoms. The van der Waals surface area contributed by atoms with Gasteiger partial charge in [0.05, 0.1) is 0 Å². The van der Waals surface area contributed by atoms with Crippen molar-refractivity contribution in [1.29, 1.82) is 0 Å². The van der Waals surface area contributed by atoms with Crippen molar-refractivity contribution in [1.82, 2.24) is 0 Å². The minimum absolute atomic E-state index is 0. The van der Waals surface area contributed by atoms with Gasteiger partial charge in [-0.1, -0.05) is 65.0 Å². The Labute approximate surface area is 143 Å². The molecule has 0 spiro atoms. The van der Waals surface area contributed by atoms with Crippen LogP contribution in [0, 0.1) is 5.41 Å². The Morgan fingerprint density at radius 3 is 1.33 bits per heavy atom. The smallest absolute Gasteiger partial charge is 0.161 e. The van der Waals surface area contributed by atoms with Gasteiger partial charge in [-0.3, -0.25) is 0 Å². The topological polar surface area (TPSA) is 18.5 Å². The maximum Gasteiger partial charge on any atom is 0.161 e. The van der Waals surface area contributed by atoms with Crippen LogP contribution in [0.1, 0.15) is 54.0 Å². The zero-order valence-corrected chi connectivity index (χ0v) is 16.5. The second-order valence-corrected chi connectivity index (χ2v) is 7.05. The molecule has 2 nitrogen and oxygen atoms in total. The number of methoxy groups -OCH3 is 2. The van der Waals surface area contributed by atoms with E-state index >= 15 is 0 Å². The molecule has 3 heteroatoms. The molecule has 0 saturated carbocycles. The van der Waals surface area contributed by atoms with Crippen LogP contribution in [0.3, 0.4) is 0 Å². The van der Waals surface area contributed by atoms with Gasteiger partial charge in [-0.25, -0.2) is 0 Å². The van der Waals surface area contributed by atoms with Crippen LogP contribution in [0.4, 0.5) is 0 Å². The van der Waals surface area contributed by atoms with E-state index in [1.165, 1.54) is 5.56 Å². The summed E-state index contributed by atoms with van der Waals surface area (Å²) in [6, 6.07) is 10.7. The van der Waals surface area contributed by atoms with Gasteiger partial charge in [0, 0.05) is 32.8 Å². The molecule has 1 radical (unpaired) electrons. The molecule has 0 aliphatic heterocycles. The molecule has 0 aliphatic carbocycles. The van der Waals surface area contributed by atoms with Crippen LogP contribution in [-0.2, 0) is 33.4 Å². The molecular weight excluding hydrogens is 299 g/mol. The van der Waals surface area contributed by atoms with Gasteiger partial charge in [0.2, 0.25) is 0 Å². The van der Waals surface area contributed by atoms with Crippen molar-refractivity contribution in [3.8, 4) is 0 Å². The van der Waals surface area contributed by atoms with Gasteiger partial charge in [0.25, 0.3) is 0 Å². The first-order valence-corrected chi connectivity index (χ1v) is 7.14. The van der Waals surface area contributed by atoms with Crippen molar-refractivity contribution in [2.24, 2.45) is 5.41 Å². The summed E-state index contributed by atoms with van der Waals surface area (Å²) in [4.78, 5) is 0. The Hall–Kier alpha value is -0.276. The number of ether oxygens (including phenoxy) is 2. The number of hydrogen-bond donors (Lipinski definition) is 0. The van der Waals surface area contributed by atoms with Gasteiger partial charge < -0.3 is 9.47 Å². The second-order valence-electron chi connectivity index (χ2n) is 7.05. The van der Waals surface area contributed by atoms with Crippen LogP contribution in [0.2, 0.25) is 0 Å². The average molecular weight is 331 g/mol. The third-order valence-electron chi connectivity index (χ3n) is 4.35. The Kier molecular flexibility index (Phi) is 9.85. The Balaban J connectivity index is 0. The summed E-state index contributed by atoms with van der Waals surface area (Å²) in [5.74, 6) is -0.417. The zero-order valence-electron chi connectivity index (χ0n) is 15.2. The van der Waals surface area contributed by atoms with Crippen LogP contribution >= 0.6 is 0 Å². The van der Waals surface area contributed by atoms with Gasteiger partial charge in [-0.05, 0) is 30.2 Å². The van der Waals surface area contributed by atoms with Crippen molar-refractivity contribution >= 4 is 0 Å². The molecule has 1 aromatic carbocycles. The molecule has 0 saturated heterocycles. The SMILES string of the molecule is CC(C)(C)C(C)(C)c1ccccc1.COC(C)(C)OC.[V]. The molecule has 0 N–H and O–H groups in total. The van der Waals surface area contributed by atoms with Crippen LogP contribution < -0.4 is 0 Å². The molecule has 1 rings (SSSR count). The molecule has 0 atom stereocenters. The van der Waals surface area contributed by atoms with Gasteiger partial charge in [0.1, 0.15) is 0 Å². The summed E-state index contributed by atoms with van der Waals surface area (Å²) in [7, 11) is 3.23. The van der Waals surface area contributed by atoms with Crippen LogP contribution in [0.25, 0.3) is 0 Å². The summed E-state index contributed by atoms with van der Waals surface area (Å²) in [6.45, 7) is 15.2. The van der Waals surface area contributed by atoms with E-state index in [0.29, 0.717) is 5.41 Å². The third kappa shape index (κ3) is 7.51. The zero-order chi connectivity index (χ0) is 16.0. The first-order valence-electron chi connectivity index (χ1n) is 7.14. The summed E-state index contributed by atoms with van der Waals surface area (Å²) in [5.41, 5.74) is 1.95. The monoisotopic (exact) mass is 331 g/mol. The van der Waals surface area contributed by atoms with E-state index in [1.54, 1.807) is 14.2 Å². The van der Waals surface area contributed by atoms with E-state index in [1.807, 2.05) is 13.8 Å². The molecule has 0 aliphatic rings. The Morgan fingerprint density at radius 2 is 1.10 bits per heavy atom. The van der Waals surface area contributed by atoms with Gasteiger partial charge in [0.15, 0.2) is 5.79 Å². The van der Waals surface area contributed by atoms with E-state index < -0.39 is 5.79 Å². The molecule has 0 unspecified atom stereocenters. The van der Waals surface area contributed by atoms with Crippen molar-refractivity contribution in [3.63, 3.8) is 0 Å². The fourth-order valence-corrected chi connectivity index (χ4v) is 1.37. The first kappa shape index (κ1) is 23.0. The van der Waals surface area contributed by atoms with E-state index in [0.717, 1.165) is 0 Å². The number of rotatable bonds is 3. The summed E-state index contributed by atoms with van der Waals surface area (Å²) >= 11 is 0. The van der Waals surface area contributed by atoms with Crippen molar-refractivity contribution in [2.45, 2.75) is 59.7 Å². The Bertz CT molecular complexity index is 372. The molecule has 0 heterocycles. The van der Waals surface area contributed by atoms with Gasteiger partial charge >= 0.3 is 0 Å². The van der Waals surface area contributed by atoms with Gasteiger partial charge in [-0.15, -0.1) is 0 Å². The standard InChI is InChI=1S/C13H20.C5H12O2.V/c1-12(2,3)13(4,5)11-9-7-6-8-10-11;1-5(2,6-3)7-4;/h6-10H,1-5H3;1-4H3;. The molecule has 0 bridgehead atoms. The molecule has 0 amide bonds. The van der Waals surface area contributed by atoms with E-state index in [9.17, 15) is 0 Å². The predicted octanol–water partition coefficient (Wildman–Crippen LogP) is 5.02. The number of hydrogen-bond acceptors (Lipinski definition) is 2. The molecule has 1 aromatic rings. The summed E-state index contributed by atoms with van der Waals surface area (Å²) in [6.07, 6.45) is 0. The van der Waals surface area contributed by atoms with E-state index in [2.05, 4.69) is 65.0 Å². The maximum atomic E-state index is 4.86. The van der Waals surface area contributed by atoms with Crippen molar-refractivity contribution < 1.29 is 28.0 Å². The Morgan fingerprint density at radius 1 is 0.714 bits per heavy atom. The van der Waals surface area contributed by atoms with Crippen LogP contribution in [0.15, 0.2) is 30.3 Å². The maximum absolute atomic E-state index is 4.86. The molecule has 121 valence electrons. The van der Waals surface area contributed by atoms with Crippen LogP contribution in [-0.4, -0.2) is 20.0 Å². The quantitative estimate of drug-likeness (QED) is 0.724.